The SMILES string of the molecule is CC1Sc2ncccc2OC1c1ccc(OCCCN2CCCC2)c(Br)c1. The molecule has 144 valence electrons. The molecule has 6 heteroatoms. The number of hydrogen-bond acceptors (Lipinski definition) is 5. The molecule has 0 radical (unpaired) electrons. The maximum absolute atomic E-state index is 6.23. The van der Waals surface area contributed by atoms with Gasteiger partial charge in [0.2, 0.25) is 0 Å². The lowest BCUT2D eigenvalue weighted by Gasteiger charge is -2.30. The summed E-state index contributed by atoms with van der Waals surface area (Å²) >= 11 is 5.44. The van der Waals surface area contributed by atoms with Crippen LogP contribution in [0.25, 0.3) is 0 Å². The van der Waals surface area contributed by atoms with Crippen LogP contribution < -0.4 is 9.47 Å². The largest absolute Gasteiger partial charge is 0.492 e. The number of hydrogen-bond donors (Lipinski definition) is 0. The summed E-state index contributed by atoms with van der Waals surface area (Å²) in [5.74, 6) is 1.77. The summed E-state index contributed by atoms with van der Waals surface area (Å²) in [7, 11) is 0. The number of benzene rings is 1. The van der Waals surface area contributed by atoms with Gasteiger partial charge in [0, 0.05) is 18.0 Å². The van der Waals surface area contributed by atoms with Gasteiger partial charge in [-0.3, -0.25) is 0 Å². The zero-order chi connectivity index (χ0) is 18.6. The second kappa shape index (κ2) is 8.84. The van der Waals surface area contributed by atoms with Crippen molar-refractivity contribution in [3.8, 4) is 11.5 Å². The molecule has 0 bridgehead atoms. The average Bonchev–Trinajstić information content (AvgIpc) is 3.19. The first kappa shape index (κ1) is 19.1. The molecule has 3 heterocycles. The molecular formula is C21H25BrN2O2S. The molecule has 2 atom stereocenters. The van der Waals surface area contributed by atoms with Gasteiger partial charge in [-0.05, 0) is 85.0 Å². The fourth-order valence-electron chi connectivity index (χ4n) is 3.65. The van der Waals surface area contributed by atoms with Gasteiger partial charge < -0.3 is 14.4 Å². The van der Waals surface area contributed by atoms with Crippen LogP contribution in [-0.2, 0) is 0 Å². The molecule has 2 unspecified atom stereocenters. The highest BCUT2D eigenvalue weighted by molar-refractivity contribution is 9.10. The third kappa shape index (κ3) is 4.61. The van der Waals surface area contributed by atoms with Crippen LogP contribution in [0.4, 0.5) is 0 Å². The van der Waals surface area contributed by atoms with Gasteiger partial charge in [-0.15, -0.1) is 0 Å². The highest BCUT2D eigenvalue weighted by Gasteiger charge is 2.30. The van der Waals surface area contributed by atoms with Crippen LogP contribution in [0.5, 0.6) is 11.5 Å². The molecule has 1 aromatic carbocycles. The lowest BCUT2D eigenvalue weighted by molar-refractivity contribution is 0.193. The van der Waals surface area contributed by atoms with Crippen molar-refractivity contribution in [3.63, 3.8) is 0 Å². The Morgan fingerprint density at radius 3 is 2.96 bits per heavy atom. The van der Waals surface area contributed by atoms with E-state index < -0.39 is 0 Å². The van der Waals surface area contributed by atoms with Gasteiger partial charge in [0.1, 0.15) is 16.9 Å². The van der Waals surface area contributed by atoms with E-state index in [0.717, 1.165) is 46.1 Å². The van der Waals surface area contributed by atoms with Gasteiger partial charge >= 0.3 is 0 Å². The molecule has 1 saturated heterocycles. The Balaban J connectivity index is 1.36. The number of ether oxygens (including phenoxy) is 2. The Labute approximate surface area is 173 Å². The van der Waals surface area contributed by atoms with Crippen LogP contribution in [0, 0.1) is 0 Å². The van der Waals surface area contributed by atoms with E-state index in [2.05, 4.69) is 50.9 Å². The van der Waals surface area contributed by atoms with Gasteiger partial charge in [0.05, 0.1) is 11.1 Å². The number of thioether (sulfide) groups is 1. The third-order valence-corrected chi connectivity index (χ3v) is 6.84. The molecule has 0 spiro atoms. The van der Waals surface area contributed by atoms with E-state index >= 15 is 0 Å². The Kier molecular flexibility index (Phi) is 6.25. The zero-order valence-corrected chi connectivity index (χ0v) is 18.0. The first-order chi connectivity index (χ1) is 13.2. The molecule has 0 amide bonds. The van der Waals surface area contributed by atoms with Crippen LogP contribution in [0.15, 0.2) is 46.0 Å². The maximum Gasteiger partial charge on any atom is 0.152 e. The van der Waals surface area contributed by atoms with Crippen molar-refractivity contribution < 1.29 is 9.47 Å². The summed E-state index contributed by atoms with van der Waals surface area (Å²) in [4.78, 5) is 6.93. The summed E-state index contributed by atoms with van der Waals surface area (Å²) < 4.78 is 13.2. The van der Waals surface area contributed by atoms with Crippen molar-refractivity contribution in [3.05, 3.63) is 46.6 Å². The van der Waals surface area contributed by atoms with Gasteiger partial charge in [0.15, 0.2) is 5.75 Å². The predicted molar refractivity (Wildman–Crippen MR) is 113 cm³/mol. The predicted octanol–water partition coefficient (Wildman–Crippen LogP) is 5.32. The van der Waals surface area contributed by atoms with Crippen molar-refractivity contribution >= 4 is 27.7 Å². The van der Waals surface area contributed by atoms with E-state index in [9.17, 15) is 0 Å². The minimum absolute atomic E-state index is 0.00668. The average molecular weight is 449 g/mol. The third-order valence-electron chi connectivity index (χ3n) is 5.07. The Morgan fingerprint density at radius 1 is 1.30 bits per heavy atom. The molecule has 0 aliphatic carbocycles. The zero-order valence-electron chi connectivity index (χ0n) is 15.6. The van der Waals surface area contributed by atoms with E-state index in [1.807, 2.05) is 18.3 Å². The highest BCUT2D eigenvalue weighted by Crippen LogP contribution is 2.44. The molecular weight excluding hydrogens is 424 g/mol. The normalized spacial score (nSPS) is 22.3. The van der Waals surface area contributed by atoms with Crippen molar-refractivity contribution in [1.82, 2.24) is 9.88 Å². The molecule has 1 fully saturated rings. The lowest BCUT2D eigenvalue weighted by Crippen LogP contribution is -2.23. The van der Waals surface area contributed by atoms with Crippen molar-refractivity contribution in [2.45, 2.75) is 42.6 Å². The summed E-state index contributed by atoms with van der Waals surface area (Å²) in [6.07, 6.45) is 5.57. The van der Waals surface area contributed by atoms with E-state index in [1.165, 1.54) is 25.9 Å². The maximum atomic E-state index is 6.23. The molecule has 2 aliphatic rings. The molecule has 4 rings (SSSR count). The van der Waals surface area contributed by atoms with Crippen LogP contribution in [-0.4, -0.2) is 41.4 Å². The van der Waals surface area contributed by atoms with Crippen molar-refractivity contribution in [2.24, 2.45) is 0 Å². The minimum Gasteiger partial charge on any atom is -0.492 e. The second-order valence-electron chi connectivity index (χ2n) is 7.11. The van der Waals surface area contributed by atoms with Gasteiger partial charge in [0.25, 0.3) is 0 Å². The Bertz CT molecular complexity index is 783. The summed E-state index contributed by atoms with van der Waals surface area (Å²) in [5, 5.41) is 1.27. The van der Waals surface area contributed by atoms with Gasteiger partial charge in [-0.2, -0.15) is 0 Å². The van der Waals surface area contributed by atoms with E-state index in [1.54, 1.807) is 11.8 Å². The number of likely N-dealkylation sites (tertiary alicyclic amines) is 1. The molecule has 2 aliphatic heterocycles. The Morgan fingerprint density at radius 2 is 2.15 bits per heavy atom. The van der Waals surface area contributed by atoms with Crippen LogP contribution in [0.2, 0.25) is 0 Å². The molecule has 1 aromatic heterocycles. The van der Waals surface area contributed by atoms with E-state index in [4.69, 9.17) is 9.47 Å². The van der Waals surface area contributed by atoms with Crippen LogP contribution in [0.1, 0.15) is 37.9 Å². The molecule has 27 heavy (non-hydrogen) atoms. The van der Waals surface area contributed by atoms with Crippen LogP contribution >= 0.6 is 27.7 Å². The number of halogens is 1. The topological polar surface area (TPSA) is 34.6 Å². The van der Waals surface area contributed by atoms with E-state index in [-0.39, 0.29) is 6.10 Å². The Hall–Kier alpha value is -1.24. The smallest absolute Gasteiger partial charge is 0.152 e. The minimum atomic E-state index is 0.00668. The van der Waals surface area contributed by atoms with Crippen LogP contribution in [0.3, 0.4) is 0 Å². The second-order valence-corrected chi connectivity index (χ2v) is 9.33. The molecule has 4 nitrogen and oxygen atoms in total. The lowest BCUT2D eigenvalue weighted by atomic mass is 10.1. The number of pyridine rings is 1. The van der Waals surface area contributed by atoms with E-state index in [0.29, 0.717) is 5.25 Å². The fraction of sp³-hybridized carbons (Fsp3) is 0.476. The van der Waals surface area contributed by atoms with Gasteiger partial charge in [-0.25, -0.2) is 4.98 Å². The van der Waals surface area contributed by atoms with Crippen molar-refractivity contribution in [1.29, 1.82) is 0 Å². The first-order valence-electron chi connectivity index (χ1n) is 9.63. The summed E-state index contributed by atoms with van der Waals surface area (Å²) in [6.45, 7) is 6.56. The monoisotopic (exact) mass is 448 g/mol. The van der Waals surface area contributed by atoms with Gasteiger partial charge in [-0.1, -0.05) is 17.8 Å². The first-order valence-corrected chi connectivity index (χ1v) is 11.3. The highest BCUT2D eigenvalue weighted by atomic mass is 79.9. The number of rotatable bonds is 6. The number of aromatic nitrogens is 1. The standard InChI is InChI=1S/C21H25BrN2O2S/c1-15-20(26-19-6-4-9-23-21(19)27-15)16-7-8-18(17(22)14-16)25-13-5-12-24-10-2-3-11-24/h4,6-9,14-15,20H,2-3,5,10-13H2,1H3. The summed E-state index contributed by atoms with van der Waals surface area (Å²) in [6, 6.07) is 10.2. The number of fused-ring (bicyclic) bond motifs is 1. The van der Waals surface area contributed by atoms with Crippen molar-refractivity contribution in [2.75, 3.05) is 26.2 Å². The quantitative estimate of drug-likeness (QED) is 0.558. The summed E-state index contributed by atoms with van der Waals surface area (Å²) in [5.41, 5.74) is 1.15. The fourth-order valence-corrected chi connectivity index (χ4v) is 5.20. The number of nitrogens with zero attached hydrogens (tertiary/aromatic N) is 2. The molecule has 0 saturated carbocycles. The molecule has 2 aromatic rings. The molecule has 0 N–H and O–H groups in total.